The van der Waals surface area contributed by atoms with Crippen molar-refractivity contribution in [2.75, 3.05) is 19.5 Å². The summed E-state index contributed by atoms with van der Waals surface area (Å²) in [4.78, 5) is 17.5. The van der Waals surface area contributed by atoms with Gasteiger partial charge in [-0.25, -0.2) is 9.37 Å². The molecule has 0 aliphatic carbocycles. The van der Waals surface area contributed by atoms with Crippen LogP contribution in [0.2, 0.25) is 0 Å². The van der Waals surface area contributed by atoms with E-state index in [0.29, 0.717) is 39.7 Å². The Hall–Kier alpha value is -2.18. The molecule has 0 fully saturated rings. The first-order valence-corrected chi connectivity index (χ1v) is 8.50. The van der Waals surface area contributed by atoms with Crippen molar-refractivity contribution in [1.82, 2.24) is 9.55 Å². The lowest BCUT2D eigenvalue weighted by Gasteiger charge is -2.13. The van der Waals surface area contributed by atoms with Gasteiger partial charge in [-0.2, -0.15) is 0 Å². The highest BCUT2D eigenvalue weighted by Crippen LogP contribution is 2.22. The zero-order valence-corrected chi connectivity index (χ0v) is 14.3. The summed E-state index contributed by atoms with van der Waals surface area (Å²) >= 11 is 1.41. The maximum absolute atomic E-state index is 14.0. The van der Waals surface area contributed by atoms with E-state index in [1.54, 1.807) is 44.4 Å². The molecular formula is C18H17FN2O2S. The third kappa shape index (κ3) is 3.20. The fourth-order valence-electron chi connectivity index (χ4n) is 2.37. The Morgan fingerprint density at radius 1 is 1.25 bits per heavy atom. The first kappa shape index (κ1) is 16.7. The fourth-order valence-corrected chi connectivity index (χ4v) is 3.29. The van der Waals surface area contributed by atoms with E-state index >= 15 is 0 Å². The minimum Gasteiger partial charge on any atom is -0.384 e. The SMILES string of the molecule is COCCSc1nc2ccccc2c(=O)n1-c1ccc(C)c(F)c1. The number of ether oxygens (including phenoxy) is 1. The molecule has 0 saturated heterocycles. The van der Waals surface area contributed by atoms with Crippen LogP contribution in [0.3, 0.4) is 0 Å². The Morgan fingerprint density at radius 2 is 2.04 bits per heavy atom. The minimum absolute atomic E-state index is 0.205. The van der Waals surface area contributed by atoms with Gasteiger partial charge < -0.3 is 4.74 Å². The molecule has 0 atom stereocenters. The molecule has 0 unspecified atom stereocenters. The molecule has 24 heavy (non-hydrogen) atoms. The van der Waals surface area contributed by atoms with Crippen LogP contribution in [0.1, 0.15) is 5.56 Å². The van der Waals surface area contributed by atoms with Gasteiger partial charge in [0.2, 0.25) is 0 Å². The lowest BCUT2D eigenvalue weighted by molar-refractivity contribution is 0.218. The van der Waals surface area contributed by atoms with Crippen LogP contribution in [0.15, 0.2) is 52.4 Å². The second-order valence-corrected chi connectivity index (χ2v) is 6.39. The van der Waals surface area contributed by atoms with Gasteiger partial charge in [0, 0.05) is 12.9 Å². The molecule has 0 radical (unpaired) electrons. The smallest absolute Gasteiger partial charge is 0.266 e. The van der Waals surface area contributed by atoms with Crippen LogP contribution in [0.5, 0.6) is 0 Å². The molecule has 0 aliphatic rings. The zero-order chi connectivity index (χ0) is 17.1. The average molecular weight is 344 g/mol. The predicted molar refractivity (Wildman–Crippen MR) is 94.6 cm³/mol. The molecular weight excluding hydrogens is 327 g/mol. The van der Waals surface area contributed by atoms with Gasteiger partial charge in [0.05, 0.1) is 23.2 Å². The predicted octanol–water partition coefficient (Wildman–Crippen LogP) is 3.57. The van der Waals surface area contributed by atoms with Crippen LogP contribution in [0, 0.1) is 12.7 Å². The molecule has 4 nitrogen and oxygen atoms in total. The first-order chi connectivity index (χ1) is 11.6. The third-order valence-electron chi connectivity index (χ3n) is 3.68. The molecule has 0 bridgehead atoms. The van der Waals surface area contributed by atoms with Crippen LogP contribution in [-0.4, -0.2) is 29.0 Å². The van der Waals surface area contributed by atoms with Crippen LogP contribution in [0.4, 0.5) is 4.39 Å². The summed E-state index contributed by atoms with van der Waals surface area (Å²) in [6.07, 6.45) is 0. The van der Waals surface area contributed by atoms with Crippen molar-refractivity contribution in [1.29, 1.82) is 0 Å². The van der Waals surface area contributed by atoms with E-state index in [4.69, 9.17) is 4.74 Å². The van der Waals surface area contributed by atoms with Crippen molar-refractivity contribution >= 4 is 22.7 Å². The zero-order valence-electron chi connectivity index (χ0n) is 13.5. The molecule has 0 aliphatic heterocycles. The van der Waals surface area contributed by atoms with Crippen molar-refractivity contribution in [2.24, 2.45) is 0 Å². The highest BCUT2D eigenvalue weighted by atomic mass is 32.2. The van der Waals surface area contributed by atoms with Gasteiger partial charge in [0.15, 0.2) is 5.16 Å². The quantitative estimate of drug-likeness (QED) is 0.403. The standard InChI is InChI=1S/C18H17FN2O2S/c1-12-7-8-13(11-15(12)19)21-17(22)14-5-3-4-6-16(14)20-18(21)24-10-9-23-2/h3-8,11H,9-10H2,1-2H3. The number of aromatic nitrogens is 2. The van der Waals surface area contributed by atoms with Crippen molar-refractivity contribution in [3.8, 4) is 5.69 Å². The number of rotatable bonds is 5. The lowest BCUT2D eigenvalue weighted by atomic mass is 10.2. The van der Waals surface area contributed by atoms with E-state index in [1.165, 1.54) is 22.4 Å². The Kier molecular flexibility index (Phi) is 4.97. The fraction of sp³-hybridized carbons (Fsp3) is 0.222. The maximum atomic E-state index is 14.0. The molecule has 0 N–H and O–H groups in total. The second-order valence-electron chi connectivity index (χ2n) is 5.33. The largest absolute Gasteiger partial charge is 0.384 e. The second kappa shape index (κ2) is 7.15. The molecule has 1 aromatic heterocycles. The average Bonchev–Trinajstić information content (AvgIpc) is 2.58. The van der Waals surface area contributed by atoms with Crippen molar-refractivity contribution in [2.45, 2.75) is 12.1 Å². The molecule has 2 aromatic carbocycles. The Labute approximate surface area is 143 Å². The summed E-state index contributed by atoms with van der Waals surface area (Å²) in [5.74, 6) is 0.302. The molecule has 0 spiro atoms. The lowest BCUT2D eigenvalue weighted by Crippen LogP contribution is -2.22. The van der Waals surface area contributed by atoms with Gasteiger partial charge >= 0.3 is 0 Å². The number of aryl methyl sites for hydroxylation is 1. The number of halogens is 1. The minimum atomic E-state index is -0.347. The molecule has 6 heteroatoms. The van der Waals surface area contributed by atoms with E-state index in [2.05, 4.69) is 4.98 Å². The highest BCUT2D eigenvalue weighted by Gasteiger charge is 2.14. The number of benzene rings is 2. The number of para-hydroxylation sites is 1. The molecule has 3 aromatic rings. The van der Waals surface area contributed by atoms with Crippen LogP contribution in [-0.2, 0) is 4.74 Å². The van der Waals surface area contributed by atoms with Gasteiger partial charge in [-0.15, -0.1) is 0 Å². The summed E-state index contributed by atoms with van der Waals surface area (Å²) in [6.45, 7) is 2.23. The van der Waals surface area contributed by atoms with Gasteiger partial charge in [-0.1, -0.05) is 30.0 Å². The van der Waals surface area contributed by atoms with E-state index in [-0.39, 0.29) is 11.4 Å². The van der Waals surface area contributed by atoms with E-state index < -0.39 is 0 Å². The highest BCUT2D eigenvalue weighted by molar-refractivity contribution is 7.99. The van der Waals surface area contributed by atoms with Crippen molar-refractivity contribution in [3.63, 3.8) is 0 Å². The van der Waals surface area contributed by atoms with Crippen molar-refractivity contribution < 1.29 is 9.13 Å². The summed E-state index contributed by atoms with van der Waals surface area (Å²) in [5, 5.41) is 1.04. The first-order valence-electron chi connectivity index (χ1n) is 7.52. The van der Waals surface area contributed by atoms with E-state index in [9.17, 15) is 9.18 Å². The van der Waals surface area contributed by atoms with Gasteiger partial charge in [-0.3, -0.25) is 9.36 Å². The molecule has 1 heterocycles. The van der Waals surface area contributed by atoms with Crippen LogP contribution >= 0.6 is 11.8 Å². The van der Waals surface area contributed by atoms with E-state index in [0.717, 1.165) is 0 Å². The molecule has 0 saturated carbocycles. The van der Waals surface area contributed by atoms with E-state index in [1.807, 2.05) is 6.07 Å². The summed E-state index contributed by atoms with van der Waals surface area (Å²) in [5.41, 5.74) is 1.44. The van der Waals surface area contributed by atoms with Gasteiger partial charge in [-0.05, 0) is 36.8 Å². The number of thioether (sulfide) groups is 1. The number of hydrogen-bond donors (Lipinski definition) is 0. The number of fused-ring (bicyclic) bond motifs is 1. The summed E-state index contributed by atoms with van der Waals surface area (Å²) < 4.78 is 20.5. The number of nitrogens with zero attached hydrogens (tertiary/aromatic N) is 2. The Balaban J connectivity index is 2.22. The van der Waals surface area contributed by atoms with Crippen LogP contribution < -0.4 is 5.56 Å². The van der Waals surface area contributed by atoms with Gasteiger partial charge in [0.25, 0.3) is 5.56 Å². The number of hydrogen-bond acceptors (Lipinski definition) is 4. The van der Waals surface area contributed by atoms with Gasteiger partial charge in [0.1, 0.15) is 5.82 Å². The normalized spacial score (nSPS) is 11.1. The topological polar surface area (TPSA) is 44.1 Å². The number of methoxy groups -OCH3 is 1. The molecule has 124 valence electrons. The van der Waals surface area contributed by atoms with Crippen molar-refractivity contribution in [3.05, 3.63) is 64.2 Å². The monoisotopic (exact) mass is 344 g/mol. The Morgan fingerprint density at radius 3 is 2.79 bits per heavy atom. The summed E-state index contributed by atoms with van der Waals surface area (Å²) in [6, 6.07) is 11.9. The van der Waals surface area contributed by atoms with Crippen LogP contribution in [0.25, 0.3) is 16.6 Å². The molecule has 3 rings (SSSR count). The Bertz CT molecular complexity index is 940. The third-order valence-corrected chi connectivity index (χ3v) is 4.58. The summed E-state index contributed by atoms with van der Waals surface area (Å²) in [7, 11) is 1.62. The maximum Gasteiger partial charge on any atom is 0.266 e. The molecule has 0 amide bonds.